The van der Waals surface area contributed by atoms with Crippen LogP contribution in [0.25, 0.3) is 22.1 Å². The third-order valence-electron chi connectivity index (χ3n) is 4.44. The topological polar surface area (TPSA) is 89.6 Å². The van der Waals surface area contributed by atoms with Gasteiger partial charge in [0, 0.05) is 23.7 Å². The van der Waals surface area contributed by atoms with E-state index in [-0.39, 0.29) is 17.6 Å². The fourth-order valence-electron chi connectivity index (χ4n) is 3.35. The van der Waals surface area contributed by atoms with E-state index in [1.165, 1.54) is 6.20 Å². The first-order valence-corrected chi connectivity index (χ1v) is 7.33. The molecule has 0 amide bonds. The zero-order chi connectivity index (χ0) is 14.4. The Kier molecular flexibility index (Phi) is 2.78. The van der Waals surface area contributed by atoms with Crippen LogP contribution in [0.3, 0.4) is 0 Å². The molecule has 0 unspecified atom stereocenters. The Morgan fingerprint density at radius 3 is 2.81 bits per heavy atom. The summed E-state index contributed by atoms with van der Waals surface area (Å²) in [5, 5.41) is 0.951. The average Bonchev–Trinajstić information content (AvgIpc) is 2.97. The van der Waals surface area contributed by atoms with Gasteiger partial charge in [0.15, 0.2) is 0 Å². The van der Waals surface area contributed by atoms with E-state index >= 15 is 0 Å². The van der Waals surface area contributed by atoms with Gasteiger partial charge >= 0.3 is 0 Å². The molecule has 6 nitrogen and oxygen atoms in total. The first kappa shape index (κ1) is 12.5. The van der Waals surface area contributed by atoms with Crippen molar-refractivity contribution in [1.29, 1.82) is 0 Å². The Hall–Kier alpha value is -2.21. The second-order valence-corrected chi connectivity index (χ2v) is 5.77. The maximum absolute atomic E-state index is 12.4. The summed E-state index contributed by atoms with van der Waals surface area (Å²) in [6.45, 7) is 0. The summed E-state index contributed by atoms with van der Waals surface area (Å²) in [6, 6.07) is 2.42. The lowest BCUT2D eigenvalue weighted by molar-refractivity contribution is 0.324. The Bertz CT molecular complexity index is 857. The minimum atomic E-state index is -0.0447. The highest BCUT2D eigenvalue weighted by Crippen LogP contribution is 2.30. The Morgan fingerprint density at radius 2 is 2.00 bits per heavy atom. The lowest BCUT2D eigenvalue weighted by atomic mass is 9.91. The van der Waals surface area contributed by atoms with E-state index in [4.69, 9.17) is 5.73 Å². The van der Waals surface area contributed by atoms with Crippen LogP contribution in [0.4, 0.5) is 0 Å². The highest BCUT2D eigenvalue weighted by molar-refractivity contribution is 6.00. The maximum Gasteiger partial charge on any atom is 0.269 e. The van der Waals surface area contributed by atoms with Crippen molar-refractivity contribution in [3.63, 3.8) is 0 Å². The van der Waals surface area contributed by atoms with Crippen molar-refractivity contribution in [3.8, 4) is 0 Å². The molecule has 1 aliphatic rings. The van der Waals surface area contributed by atoms with Crippen LogP contribution in [0.15, 0.2) is 29.5 Å². The second-order valence-electron chi connectivity index (χ2n) is 5.77. The van der Waals surface area contributed by atoms with E-state index in [0.717, 1.165) is 47.8 Å². The monoisotopic (exact) mass is 283 g/mol. The molecule has 6 heteroatoms. The zero-order valence-corrected chi connectivity index (χ0v) is 11.6. The lowest BCUT2D eigenvalue weighted by Gasteiger charge is -2.28. The van der Waals surface area contributed by atoms with Gasteiger partial charge in [-0.15, -0.1) is 0 Å². The number of hydrogen-bond acceptors (Lipinski definition) is 4. The third-order valence-corrected chi connectivity index (χ3v) is 4.44. The Labute approximate surface area is 121 Å². The molecule has 21 heavy (non-hydrogen) atoms. The summed E-state index contributed by atoms with van der Waals surface area (Å²) in [5.41, 5.74) is 8.37. The molecule has 3 heterocycles. The summed E-state index contributed by atoms with van der Waals surface area (Å²) in [5.74, 6) is 0. The van der Waals surface area contributed by atoms with E-state index in [0.29, 0.717) is 0 Å². The van der Waals surface area contributed by atoms with Crippen LogP contribution in [-0.2, 0) is 0 Å². The van der Waals surface area contributed by atoms with E-state index in [2.05, 4.69) is 15.0 Å². The molecule has 0 aromatic carbocycles. The van der Waals surface area contributed by atoms with Gasteiger partial charge in [0.25, 0.3) is 5.56 Å². The van der Waals surface area contributed by atoms with Gasteiger partial charge in [-0.2, -0.15) is 0 Å². The molecule has 1 aliphatic carbocycles. The van der Waals surface area contributed by atoms with Crippen molar-refractivity contribution < 1.29 is 0 Å². The van der Waals surface area contributed by atoms with Gasteiger partial charge in [0.1, 0.15) is 11.2 Å². The lowest BCUT2D eigenvalue weighted by Crippen LogP contribution is -2.32. The van der Waals surface area contributed by atoms with Crippen LogP contribution in [0.5, 0.6) is 0 Å². The largest absolute Gasteiger partial charge is 0.346 e. The minimum absolute atomic E-state index is 0.0447. The molecule has 108 valence electrons. The molecular weight excluding hydrogens is 266 g/mol. The molecule has 1 saturated carbocycles. The molecule has 4 rings (SSSR count). The fraction of sp³-hybridized carbons (Fsp3) is 0.400. The predicted octanol–water partition coefficient (Wildman–Crippen LogP) is 1.72. The van der Waals surface area contributed by atoms with Gasteiger partial charge in [0.05, 0.1) is 17.9 Å². The molecule has 0 atom stereocenters. The zero-order valence-electron chi connectivity index (χ0n) is 11.6. The van der Waals surface area contributed by atoms with E-state index in [1.807, 2.05) is 16.8 Å². The summed E-state index contributed by atoms with van der Waals surface area (Å²) in [6.07, 6.45) is 8.76. The third kappa shape index (κ3) is 1.94. The molecule has 3 aromatic rings. The molecule has 0 radical (unpaired) electrons. The van der Waals surface area contributed by atoms with Crippen molar-refractivity contribution in [3.05, 3.63) is 35.0 Å². The SMILES string of the molecule is N[C@H]1CC[C@H](n2c(=O)cnc3cnc4[nH]ccc4c32)CC1. The first-order valence-electron chi connectivity index (χ1n) is 7.33. The normalized spacial score (nSPS) is 22.9. The molecule has 0 aliphatic heterocycles. The van der Waals surface area contributed by atoms with Crippen LogP contribution >= 0.6 is 0 Å². The number of aromatic amines is 1. The summed E-state index contributed by atoms with van der Waals surface area (Å²) < 4.78 is 1.89. The van der Waals surface area contributed by atoms with Crippen LogP contribution < -0.4 is 11.3 Å². The number of H-pyrrole nitrogens is 1. The highest BCUT2D eigenvalue weighted by atomic mass is 16.1. The molecule has 1 fully saturated rings. The van der Waals surface area contributed by atoms with E-state index < -0.39 is 0 Å². The second kappa shape index (κ2) is 4.66. The van der Waals surface area contributed by atoms with E-state index in [9.17, 15) is 4.79 Å². The molecule has 3 N–H and O–H groups in total. The van der Waals surface area contributed by atoms with Gasteiger partial charge in [-0.3, -0.25) is 4.79 Å². The molecular formula is C15H17N5O. The summed E-state index contributed by atoms with van der Waals surface area (Å²) in [4.78, 5) is 24.1. The Morgan fingerprint density at radius 1 is 1.19 bits per heavy atom. The van der Waals surface area contributed by atoms with Crippen molar-refractivity contribution in [2.24, 2.45) is 5.73 Å². The number of nitrogens with two attached hydrogens (primary N) is 1. The number of rotatable bonds is 1. The smallest absolute Gasteiger partial charge is 0.269 e. The van der Waals surface area contributed by atoms with Gasteiger partial charge in [-0.1, -0.05) is 0 Å². The van der Waals surface area contributed by atoms with Crippen molar-refractivity contribution in [1.82, 2.24) is 19.5 Å². The van der Waals surface area contributed by atoms with Gasteiger partial charge in [-0.25, -0.2) is 9.97 Å². The number of aromatic nitrogens is 4. The maximum atomic E-state index is 12.4. The van der Waals surface area contributed by atoms with Gasteiger partial charge in [-0.05, 0) is 31.7 Å². The summed E-state index contributed by atoms with van der Waals surface area (Å²) in [7, 11) is 0. The van der Waals surface area contributed by atoms with Crippen LogP contribution in [-0.4, -0.2) is 25.6 Å². The van der Waals surface area contributed by atoms with Crippen LogP contribution in [0.1, 0.15) is 31.7 Å². The van der Waals surface area contributed by atoms with Crippen molar-refractivity contribution >= 4 is 22.1 Å². The first-order chi connectivity index (χ1) is 10.2. The predicted molar refractivity (Wildman–Crippen MR) is 81.1 cm³/mol. The fourth-order valence-corrected chi connectivity index (χ4v) is 3.35. The standard InChI is InChI=1S/C15H17N5O/c16-9-1-3-10(4-2-9)20-13(21)8-18-12-7-19-15-11(14(12)20)5-6-17-15/h5-10H,1-4,16H2,(H,17,19)/t9-,10-. The van der Waals surface area contributed by atoms with Crippen molar-refractivity contribution in [2.45, 2.75) is 37.8 Å². The van der Waals surface area contributed by atoms with Crippen molar-refractivity contribution in [2.75, 3.05) is 0 Å². The van der Waals surface area contributed by atoms with E-state index in [1.54, 1.807) is 6.20 Å². The highest BCUT2D eigenvalue weighted by Gasteiger charge is 2.23. The Balaban J connectivity index is 2.00. The van der Waals surface area contributed by atoms with Gasteiger partial charge < -0.3 is 15.3 Å². The number of fused-ring (bicyclic) bond motifs is 3. The minimum Gasteiger partial charge on any atom is -0.346 e. The molecule has 0 spiro atoms. The number of nitrogens with zero attached hydrogens (tertiary/aromatic N) is 3. The molecule has 0 bridgehead atoms. The quantitative estimate of drug-likeness (QED) is 0.711. The molecule has 3 aromatic heterocycles. The average molecular weight is 283 g/mol. The molecule has 0 saturated heterocycles. The summed E-state index contributed by atoms with van der Waals surface area (Å²) >= 11 is 0. The van der Waals surface area contributed by atoms with Gasteiger partial charge in [0.2, 0.25) is 0 Å². The number of nitrogens with one attached hydrogen (secondary N) is 1. The van der Waals surface area contributed by atoms with Crippen LogP contribution in [0.2, 0.25) is 0 Å². The number of hydrogen-bond donors (Lipinski definition) is 2. The number of pyridine rings is 1. The van der Waals surface area contributed by atoms with Crippen LogP contribution in [0, 0.1) is 0 Å².